The number of benzene rings is 4. The largest absolute Gasteiger partial charge is 0.573 e. The van der Waals surface area contributed by atoms with Gasteiger partial charge in [0.15, 0.2) is 0 Å². The number of hydrogen-bond donors (Lipinski definition) is 4. The Labute approximate surface area is 287 Å². The molecule has 0 aliphatic carbocycles. The van der Waals surface area contributed by atoms with Gasteiger partial charge in [0.25, 0.3) is 5.91 Å². The van der Waals surface area contributed by atoms with Crippen LogP contribution in [0.2, 0.25) is 5.02 Å². The Hall–Kier alpha value is -4.13. The van der Waals surface area contributed by atoms with Crippen molar-refractivity contribution in [3.8, 4) is 5.75 Å². The predicted molar refractivity (Wildman–Crippen MR) is 181 cm³/mol. The monoisotopic (exact) mass is 692 g/mol. The zero-order valence-electron chi connectivity index (χ0n) is 26.4. The lowest BCUT2D eigenvalue weighted by Crippen LogP contribution is -2.34. The highest BCUT2D eigenvalue weighted by atomic mass is 35.5. The van der Waals surface area contributed by atoms with Gasteiger partial charge >= 0.3 is 6.36 Å². The van der Waals surface area contributed by atoms with Gasteiger partial charge in [0.1, 0.15) is 5.75 Å². The van der Waals surface area contributed by atoms with E-state index in [-0.39, 0.29) is 23.9 Å². The minimum Gasteiger partial charge on any atom is -0.406 e. The number of nitrogens with one attached hydrogen (secondary N) is 4. The Morgan fingerprint density at radius 1 is 0.755 bits per heavy atom. The summed E-state index contributed by atoms with van der Waals surface area (Å²) in [5.74, 6) is -0.351. The van der Waals surface area contributed by atoms with Crippen LogP contribution in [0.5, 0.6) is 5.75 Å². The number of anilines is 2. The summed E-state index contributed by atoms with van der Waals surface area (Å²) in [5.41, 5.74) is 5.44. The molecule has 256 valence electrons. The summed E-state index contributed by atoms with van der Waals surface area (Å²) in [4.78, 5) is 12.3. The van der Waals surface area contributed by atoms with Crippen LogP contribution >= 0.6 is 11.6 Å². The molecule has 4 aromatic rings. The Morgan fingerprint density at radius 3 is 1.78 bits per heavy atom. The molecule has 0 unspecified atom stereocenters. The van der Waals surface area contributed by atoms with E-state index in [4.69, 9.17) is 21.1 Å². The fraction of sp³-hybridized carbons (Fsp3) is 0.324. The predicted octanol–water partition coefficient (Wildman–Crippen LogP) is 7.39. The Balaban J connectivity index is 0.000000155. The number of carbonyl (C=O) groups excluding carboxylic acids is 1. The molecule has 4 aliphatic heterocycles. The topological polar surface area (TPSA) is 92.9 Å². The minimum absolute atomic E-state index is 0.0992. The highest BCUT2D eigenvalue weighted by Gasteiger charge is 2.42. The molecule has 4 saturated heterocycles. The van der Waals surface area contributed by atoms with Gasteiger partial charge in [-0.3, -0.25) is 4.79 Å². The maximum absolute atomic E-state index is 12.3. The molecule has 0 saturated carbocycles. The van der Waals surface area contributed by atoms with E-state index in [1.165, 1.54) is 12.1 Å². The molecule has 4 aliphatic rings. The van der Waals surface area contributed by atoms with Gasteiger partial charge in [-0.1, -0.05) is 48.0 Å². The molecule has 0 radical (unpaired) electrons. The standard InChI is InChI=1S/C19H19F3N2O2.C18H17ClN2O2/c20-19(21,22)26-15-7-1-12(2-8-15)10-23-14-5-3-13(4-6-14)18-17-9-16(25-18)11-24-17;19-13-5-7-14(8-6-13)21-18(22)12-3-1-11(2-4-12)17-16-9-15(23-17)10-20-16/h1-8,16-18,23-24H,9-11H2;1-8,15-17,20H,9-10H2,(H,21,22)/t16-,17-,18+;15-,16-,17+/m00/s1. The van der Waals surface area contributed by atoms with Crippen molar-refractivity contribution in [2.24, 2.45) is 0 Å². The molecule has 4 aromatic carbocycles. The Morgan fingerprint density at radius 2 is 1.29 bits per heavy atom. The van der Waals surface area contributed by atoms with E-state index < -0.39 is 6.36 Å². The maximum Gasteiger partial charge on any atom is 0.573 e. The van der Waals surface area contributed by atoms with Crippen LogP contribution in [0.3, 0.4) is 0 Å². The van der Waals surface area contributed by atoms with Gasteiger partial charge in [-0.25, -0.2) is 0 Å². The molecule has 0 spiro atoms. The van der Waals surface area contributed by atoms with E-state index >= 15 is 0 Å². The van der Waals surface area contributed by atoms with E-state index in [0.717, 1.165) is 54.0 Å². The van der Waals surface area contributed by atoms with Crippen LogP contribution < -0.4 is 26.0 Å². The molecule has 0 aromatic heterocycles. The molecular weight excluding hydrogens is 657 g/mol. The number of rotatable bonds is 8. The van der Waals surface area contributed by atoms with Crippen molar-refractivity contribution in [3.05, 3.63) is 124 Å². The minimum atomic E-state index is -4.67. The zero-order valence-corrected chi connectivity index (χ0v) is 27.1. The van der Waals surface area contributed by atoms with Crippen molar-refractivity contribution >= 4 is 28.9 Å². The highest BCUT2D eigenvalue weighted by molar-refractivity contribution is 6.30. The SMILES string of the molecule is FC(F)(F)Oc1ccc(CNc2ccc([C@H]3O[C@@H]4CN[C@H]3C4)cc2)cc1.O=C(Nc1ccc(Cl)cc1)c1ccc([C@H]2O[C@@H]3CN[C@H]2C3)cc1. The molecule has 49 heavy (non-hydrogen) atoms. The van der Waals surface area contributed by atoms with Gasteiger partial charge < -0.3 is 35.5 Å². The number of hydrogen-bond acceptors (Lipinski definition) is 7. The summed E-state index contributed by atoms with van der Waals surface area (Å²) in [6.07, 6.45) is -1.65. The molecule has 8 nitrogen and oxygen atoms in total. The second kappa shape index (κ2) is 14.4. The van der Waals surface area contributed by atoms with E-state index in [1.54, 1.807) is 36.4 Å². The molecule has 4 heterocycles. The van der Waals surface area contributed by atoms with E-state index in [2.05, 4.69) is 38.1 Å². The first kappa shape index (κ1) is 33.4. The van der Waals surface area contributed by atoms with Crippen LogP contribution in [0.4, 0.5) is 24.5 Å². The number of fused-ring (bicyclic) bond motifs is 4. The normalized spacial score (nSPS) is 25.1. The van der Waals surface area contributed by atoms with Crippen molar-refractivity contribution < 1.29 is 32.2 Å². The summed E-state index contributed by atoms with van der Waals surface area (Å²) < 4.78 is 52.3. The molecule has 6 atom stereocenters. The number of ether oxygens (including phenoxy) is 3. The molecule has 4 bridgehead atoms. The van der Waals surface area contributed by atoms with Crippen LogP contribution in [-0.4, -0.2) is 49.7 Å². The summed E-state index contributed by atoms with van der Waals surface area (Å²) in [6.45, 7) is 2.40. The Bertz CT molecular complexity index is 1720. The third kappa shape index (κ3) is 8.37. The summed E-state index contributed by atoms with van der Waals surface area (Å²) in [6, 6.07) is 29.4. The van der Waals surface area contributed by atoms with Crippen molar-refractivity contribution in [2.75, 3.05) is 23.7 Å². The lowest BCUT2D eigenvalue weighted by molar-refractivity contribution is -0.274. The third-order valence-corrected chi connectivity index (χ3v) is 9.41. The van der Waals surface area contributed by atoms with Crippen LogP contribution in [0.15, 0.2) is 97.1 Å². The second-order valence-electron chi connectivity index (χ2n) is 12.6. The number of carbonyl (C=O) groups is 1. The Kier molecular flexibility index (Phi) is 9.80. The average Bonchev–Trinajstić information content (AvgIpc) is 3.93. The second-order valence-corrected chi connectivity index (χ2v) is 13.0. The smallest absolute Gasteiger partial charge is 0.406 e. The molecule has 1 amide bonds. The van der Waals surface area contributed by atoms with E-state index in [0.29, 0.717) is 41.4 Å². The highest BCUT2D eigenvalue weighted by Crippen LogP contribution is 2.38. The fourth-order valence-corrected chi connectivity index (χ4v) is 6.85. The van der Waals surface area contributed by atoms with Crippen LogP contribution in [0, 0.1) is 0 Å². The van der Waals surface area contributed by atoms with Gasteiger partial charge in [0, 0.05) is 53.7 Å². The number of amides is 1. The lowest BCUT2D eigenvalue weighted by Gasteiger charge is -2.23. The zero-order chi connectivity index (χ0) is 34.0. The van der Waals surface area contributed by atoms with E-state index in [9.17, 15) is 18.0 Å². The van der Waals surface area contributed by atoms with Gasteiger partial charge in [0.05, 0.1) is 24.4 Å². The quantitative estimate of drug-likeness (QED) is 0.153. The van der Waals surface area contributed by atoms with Gasteiger partial charge in [-0.15, -0.1) is 13.2 Å². The summed E-state index contributed by atoms with van der Waals surface area (Å²) >= 11 is 5.84. The molecule has 4 fully saturated rings. The molecule has 12 heteroatoms. The van der Waals surface area contributed by atoms with Crippen molar-refractivity contribution in [1.82, 2.24) is 10.6 Å². The molecule has 4 N–H and O–H groups in total. The number of morpholine rings is 2. The van der Waals surface area contributed by atoms with E-state index in [1.807, 2.05) is 36.4 Å². The third-order valence-electron chi connectivity index (χ3n) is 9.15. The average molecular weight is 693 g/mol. The molecule has 8 rings (SSSR count). The van der Waals surface area contributed by atoms with Gasteiger partial charge in [0.2, 0.25) is 0 Å². The van der Waals surface area contributed by atoms with Crippen LogP contribution in [-0.2, 0) is 16.0 Å². The summed E-state index contributed by atoms with van der Waals surface area (Å²) in [7, 11) is 0. The van der Waals surface area contributed by atoms with Crippen LogP contribution in [0.25, 0.3) is 0 Å². The van der Waals surface area contributed by atoms with Crippen molar-refractivity contribution in [3.63, 3.8) is 0 Å². The first-order chi connectivity index (χ1) is 23.6. The fourth-order valence-electron chi connectivity index (χ4n) is 6.72. The number of halogens is 4. The first-order valence-electron chi connectivity index (χ1n) is 16.3. The van der Waals surface area contributed by atoms with Gasteiger partial charge in [-0.2, -0.15) is 0 Å². The first-order valence-corrected chi connectivity index (χ1v) is 16.7. The van der Waals surface area contributed by atoms with Gasteiger partial charge in [-0.05, 0) is 90.2 Å². The maximum atomic E-state index is 12.3. The molecular formula is C37H36ClF3N4O4. The van der Waals surface area contributed by atoms with Crippen LogP contribution in [0.1, 0.15) is 52.1 Å². The van der Waals surface area contributed by atoms with Crippen molar-refractivity contribution in [1.29, 1.82) is 0 Å². The lowest BCUT2D eigenvalue weighted by atomic mass is 10.0. The van der Waals surface area contributed by atoms with Crippen molar-refractivity contribution in [2.45, 2.75) is 62.2 Å². The summed E-state index contributed by atoms with van der Waals surface area (Å²) in [5, 5.41) is 13.7. The number of alkyl halides is 3.